The van der Waals surface area contributed by atoms with Gasteiger partial charge >= 0.3 is 6.18 Å². The molecule has 1 saturated heterocycles. The first-order valence-electron chi connectivity index (χ1n) is 10.5. The van der Waals surface area contributed by atoms with Crippen LogP contribution in [0.5, 0.6) is 0 Å². The number of alkyl halides is 3. The van der Waals surface area contributed by atoms with Gasteiger partial charge in [-0.1, -0.05) is 29.8 Å². The smallest absolute Gasteiger partial charge is 0.356 e. The van der Waals surface area contributed by atoms with Gasteiger partial charge in [0.15, 0.2) is 10.6 Å². The minimum Gasteiger partial charge on any atom is -0.356 e. The molecule has 11 heteroatoms. The molecule has 0 aliphatic carbocycles. The second-order valence-electron chi connectivity index (χ2n) is 8.04. The molecule has 3 aromatic rings. The van der Waals surface area contributed by atoms with E-state index in [1.54, 1.807) is 4.57 Å². The third-order valence-corrected chi connectivity index (χ3v) is 5.94. The Balaban J connectivity index is 1.34. The Bertz CT molecular complexity index is 1160. The number of amides is 1. The topological polar surface area (TPSA) is 78.8 Å². The van der Waals surface area contributed by atoms with Crippen molar-refractivity contribution in [2.45, 2.75) is 38.5 Å². The maximum Gasteiger partial charge on any atom is 0.417 e. The molecule has 0 atom stereocenters. The van der Waals surface area contributed by atoms with E-state index < -0.39 is 11.7 Å². The number of hydrogen-bond acceptors (Lipinski definition) is 5. The molecule has 33 heavy (non-hydrogen) atoms. The highest BCUT2D eigenvalue weighted by atomic mass is 32.1. The fourth-order valence-corrected chi connectivity index (χ4v) is 3.99. The van der Waals surface area contributed by atoms with E-state index in [0.29, 0.717) is 42.3 Å². The van der Waals surface area contributed by atoms with E-state index in [1.165, 1.54) is 6.07 Å². The van der Waals surface area contributed by atoms with Gasteiger partial charge in [-0.2, -0.15) is 18.3 Å². The molecule has 1 aromatic carbocycles. The molecule has 0 radical (unpaired) electrons. The number of benzene rings is 1. The lowest BCUT2D eigenvalue weighted by molar-refractivity contribution is -0.137. The summed E-state index contributed by atoms with van der Waals surface area (Å²) in [7, 11) is 0. The summed E-state index contributed by atoms with van der Waals surface area (Å²) in [6.45, 7) is 3.21. The fourth-order valence-electron chi connectivity index (χ4n) is 3.80. The lowest BCUT2D eigenvalue weighted by atomic mass is 10.0. The first-order chi connectivity index (χ1) is 15.7. The highest BCUT2D eigenvalue weighted by molar-refractivity contribution is 7.71. The number of nitrogens with one attached hydrogen (secondary N) is 2. The van der Waals surface area contributed by atoms with E-state index in [4.69, 9.17) is 12.2 Å². The lowest BCUT2D eigenvalue weighted by Gasteiger charge is -2.33. The molecule has 4 rings (SSSR count). The van der Waals surface area contributed by atoms with Crippen LogP contribution < -0.4 is 10.2 Å². The van der Waals surface area contributed by atoms with E-state index in [1.807, 2.05) is 36.1 Å². The summed E-state index contributed by atoms with van der Waals surface area (Å²) in [5, 5.41) is 10.0. The van der Waals surface area contributed by atoms with E-state index >= 15 is 0 Å². The molecule has 7 nitrogen and oxygen atoms in total. The second kappa shape index (κ2) is 9.34. The zero-order valence-corrected chi connectivity index (χ0v) is 18.7. The molecule has 2 aromatic heterocycles. The average Bonchev–Trinajstić information content (AvgIpc) is 3.14. The van der Waals surface area contributed by atoms with Gasteiger partial charge in [-0.3, -0.25) is 14.5 Å². The summed E-state index contributed by atoms with van der Waals surface area (Å²) in [6, 6.07) is 10.2. The number of piperidine rings is 1. The SMILES string of the molecule is Cc1ccc(-c2n[nH]c(=S)n2CC(=O)NC2CCN(c3ccc(C(F)(F)F)cn3)CC2)cc1. The summed E-state index contributed by atoms with van der Waals surface area (Å²) in [5.74, 6) is 0.922. The van der Waals surface area contributed by atoms with Gasteiger partial charge < -0.3 is 10.2 Å². The number of hydrogen-bond donors (Lipinski definition) is 2. The maximum atomic E-state index is 12.7. The monoisotopic (exact) mass is 476 g/mol. The van der Waals surface area contributed by atoms with Crippen molar-refractivity contribution >= 4 is 23.9 Å². The van der Waals surface area contributed by atoms with Gasteiger partial charge in [0.1, 0.15) is 12.4 Å². The van der Waals surface area contributed by atoms with Crippen molar-refractivity contribution in [2.24, 2.45) is 0 Å². The van der Waals surface area contributed by atoms with Crippen LogP contribution in [0.15, 0.2) is 42.6 Å². The Labute approximate surface area is 193 Å². The number of aromatic amines is 1. The average molecular weight is 477 g/mol. The Morgan fingerprint density at radius 3 is 2.48 bits per heavy atom. The van der Waals surface area contributed by atoms with Crippen molar-refractivity contribution in [3.05, 3.63) is 58.5 Å². The number of aryl methyl sites for hydroxylation is 1. The third-order valence-electron chi connectivity index (χ3n) is 5.63. The summed E-state index contributed by atoms with van der Waals surface area (Å²) < 4.78 is 40.2. The Morgan fingerprint density at radius 2 is 1.88 bits per heavy atom. The summed E-state index contributed by atoms with van der Waals surface area (Å²) >= 11 is 5.30. The van der Waals surface area contributed by atoms with Crippen LogP contribution in [-0.4, -0.2) is 44.8 Å². The fraction of sp³-hybridized carbons (Fsp3) is 0.364. The van der Waals surface area contributed by atoms with Crippen LogP contribution in [0.2, 0.25) is 0 Å². The number of pyridine rings is 1. The van der Waals surface area contributed by atoms with Gasteiger partial charge in [-0.05, 0) is 44.1 Å². The second-order valence-corrected chi connectivity index (χ2v) is 8.42. The molecule has 1 aliphatic heterocycles. The molecule has 2 N–H and O–H groups in total. The quantitative estimate of drug-likeness (QED) is 0.542. The molecular formula is C22H23F3N6OS. The first-order valence-corrected chi connectivity index (χ1v) is 10.9. The van der Waals surface area contributed by atoms with Gasteiger partial charge in [0.25, 0.3) is 0 Å². The van der Waals surface area contributed by atoms with E-state index in [9.17, 15) is 18.0 Å². The van der Waals surface area contributed by atoms with Crippen molar-refractivity contribution in [3.8, 4) is 11.4 Å². The number of halogens is 3. The van der Waals surface area contributed by atoms with Crippen molar-refractivity contribution in [2.75, 3.05) is 18.0 Å². The van der Waals surface area contributed by atoms with Crippen LogP contribution in [0, 0.1) is 11.7 Å². The molecule has 1 fully saturated rings. The Hall–Kier alpha value is -3.21. The molecule has 0 bridgehead atoms. The predicted octanol–water partition coefficient (Wildman–Crippen LogP) is 4.12. The zero-order chi connectivity index (χ0) is 23.6. The minimum absolute atomic E-state index is 0.0351. The maximum absolute atomic E-state index is 12.7. The molecule has 0 saturated carbocycles. The molecule has 1 amide bonds. The molecule has 0 spiro atoms. The van der Waals surface area contributed by atoms with Crippen LogP contribution in [0.1, 0.15) is 24.0 Å². The minimum atomic E-state index is -4.40. The number of carbonyl (C=O) groups excluding carboxylic acids is 1. The van der Waals surface area contributed by atoms with Crippen LogP contribution in [0.4, 0.5) is 19.0 Å². The number of rotatable bonds is 5. The van der Waals surface area contributed by atoms with Crippen LogP contribution in [-0.2, 0) is 17.5 Å². The van der Waals surface area contributed by atoms with E-state index in [0.717, 1.165) is 23.4 Å². The molecule has 3 heterocycles. The van der Waals surface area contributed by atoms with Crippen molar-refractivity contribution in [3.63, 3.8) is 0 Å². The van der Waals surface area contributed by atoms with E-state index in [2.05, 4.69) is 20.5 Å². The molecule has 174 valence electrons. The number of H-pyrrole nitrogens is 1. The number of aromatic nitrogens is 4. The summed E-state index contributed by atoms with van der Waals surface area (Å²) in [5.41, 5.74) is 1.21. The molecule has 1 aliphatic rings. The number of anilines is 1. The van der Waals surface area contributed by atoms with E-state index in [-0.39, 0.29) is 18.5 Å². The molecule has 0 unspecified atom stereocenters. The standard InChI is InChI=1S/C22H23F3N6OS/c1-14-2-4-15(5-3-14)20-28-29-21(33)31(20)13-19(32)27-17-8-10-30(11-9-17)18-7-6-16(12-26-18)22(23,24)25/h2-7,12,17H,8-11,13H2,1H3,(H,27,32)(H,29,33). The van der Waals surface area contributed by atoms with Crippen molar-refractivity contribution in [1.82, 2.24) is 25.1 Å². The predicted molar refractivity (Wildman–Crippen MR) is 120 cm³/mol. The van der Waals surface area contributed by atoms with Crippen LogP contribution in [0.3, 0.4) is 0 Å². The normalized spacial score (nSPS) is 15.0. The van der Waals surface area contributed by atoms with Gasteiger partial charge in [-0.15, -0.1) is 0 Å². The Morgan fingerprint density at radius 1 is 1.18 bits per heavy atom. The van der Waals surface area contributed by atoms with Crippen molar-refractivity contribution in [1.29, 1.82) is 0 Å². The summed E-state index contributed by atoms with van der Waals surface area (Å²) in [4.78, 5) is 18.6. The Kier molecular flexibility index (Phi) is 6.50. The number of nitrogens with zero attached hydrogens (tertiary/aromatic N) is 4. The highest BCUT2D eigenvalue weighted by Crippen LogP contribution is 2.29. The summed E-state index contributed by atoms with van der Waals surface area (Å²) in [6.07, 6.45) is -2.23. The third kappa shape index (κ3) is 5.41. The van der Waals surface area contributed by atoms with Gasteiger partial charge in [0.05, 0.1) is 5.56 Å². The first kappa shape index (κ1) is 23.0. The highest BCUT2D eigenvalue weighted by Gasteiger charge is 2.31. The molecular weight excluding hydrogens is 453 g/mol. The van der Waals surface area contributed by atoms with Crippen molar-refractivity contribution < 1.29 is 18.0 Å². The lowest BCUT2D eigenvalue weighted by Crippen LogP contribution is -2.45. The largest absolute Gasteiger partial charge is 0.417 e. The van der Waals surface area contributed by atoms with Gasteiger partial charge in [0.2, 0.25) is 5.91 Å². The van der Waals surface area contributed by atoms with Crippen LogP contribution in [0.25, 0.3) is 11.4 Å². The number of carbonyl (C=O) groups is 1. The van der Waals surface area contributed by atoms with Crippen LogP contribution >= 0.6 is 12.2 Å². The van der Waals surface area contributed by atoms with Gasteiger partial charge in [-0.25, -0.2) is 4.98 Å². The van der Waals surface area contributed by atoms with Gasteiger partial charge in [0, 0.05) is 30.9 Å². The zero-order valence-electron chi connectivity index (χ0n) is 17.9.